The van der Waals surface area contributed by atoms with Crippen LogP contribution in [0.25, 0.3) is 16.6 Å². The quantitative estimate of drug-likeness (QED) is 0.761. The van der Waals surface area contributed by atoms with E-state index in [1.54, 1.807) is 23.1 Å². The average molecular weight is 327 g/mol. The first kappa shape index (κ1) is 15.9. The predicted octanol–water partition coefficient (Wildman–Crippen LogP) is 1.46. The van der Waals surface area contributed by atoms with Crippen LogP contribution in [0.3, 0.4) is 0 Å². The molecule has 0 radical (unpaired) electrons. The maximum absolute atomic E-state index is 12.6. The number of carbonyl (C=O) groups is 1. The standard InChI is InChI=1S/C16H17N5O3/c1-10-14-11(2)21(12-5-3-7-17-9-12)19-15(14)16(24)20(18-10)8-4-6-13(22)23/h3,5,7,9H,4,6,8H2,1-2H3,(H,22,23). The molecule has 0 aromatic carbocycles. The van der Waals surface area contributed by atoms with Crippen LogP contribution in [0.1, 0.15) is 24.2 Å². The highest BCUT2D eigenvalue weighted by molar-refractivity contribution is 5.83. The molecule has 3 aromatic rings. The third kappa shape index (κ3) is 2.78. The molecule has 0 aliphatic rings. The lowest BCUT2D eigenvalue weighted by Crippen LogP contribution is -2.24. The minimum atomic E-state index is -0.891. The monoisotopic (exact) mass is 327 g/mol. The van der Waals surface area contributed by atoms with Crippen molar-refractivity contribution >= 4 is 16.9 Å². The summed E-state index contributed by atoms with van der Waals surface area (Å²) < 4.78 is 2.97. The minimum Gasteiger partial charge on any atom is -0.481 e. The smallest absolute Gasteiger partial charge is 0.303 e. The van der Waals surface area contributed by atoms with Crippen LogP contribution in [0, 0.1) is 13.8 Å². The van der Waals surface area contributed by atoms with Gasteiger partial charge in [0.15, 0.2) is 5.52 Å². The number of aryl methyl sites for hydroxylation is 3. The fraction of sp³-hybridized carbons (Fsp3) is 0.312. The largest absolute Gasteiger partial charge is 0.481 e. The lowest BCUT2D eigenvalue weighted by atomic mass is 10.2. The molecule has 0 saturated carbocycles. The van der Waals surface area contributed by atoms with Crippen molar-refractivity contribution in [2.45, 2.75) is 33.2 Å². The number of aliphatic carboxylic acids is 1. The first-order valence-electron chi connectivity index (χ1n) is 7.58. The molecule has 0 bridgehead atoms. The molecule has 124 valence electrons. The third-order valence-electron chi connectivity index (χ3n) is 3.84. The Morgan fingerprint density at radius 1 is 1.29 bits per heavy atom. The van der Waals surface area contributed by atoms with E-state index in [9.17, 15) is 9.59 Å². The molecule has 8 nitrogen and oxygen atoms in total. The van der Waals surface area contributed by atoms with Gasteiger partial charge in [0.25, 0.3) is 5.56 Å². The molecule has 0 spiro atoms. The van der Waals surface area contributed by atoms with Crippen LogP contribution in [-0.2, 0) is 11.3 Å². The van der Waals surface area contributed by atoms with Crippen molar-refractivity contribution in [3.8, 4) is 5.69 Å². The summed E-state index contributed by atoms with van der Waals surface area (Å²) in [5, 5.41) is 18.2. The second kappa shape index (κ2) is 6.23. The Hall–Kier alpha value is -3.03. The Morgan fingerprint density at radius 3 is 2.75 bits per heavy atom. The van der Waals surface area contributed by atoms with Crippen LogP contribution in [0.5, 0.6) is 0 Å². The number of carboxylic acid groups (broad SMARTS) is 1. The van der Waals surface area contributed by atoms with Crippen LogP contribution in [0.2, 0.25) is 0 Å². The van der Waals surface area contributed by atoms with Crippen molar-refractivity contribution in [2.75, 3.05) is 0 Å². The highest BCUT2D eigenvalue weighted by Crippen LogP contribution is 2.20. The van der Waals surface area contributed by atoms with Crippen molar-refractivity contribution in [1.82, 2.24) is 24.5 Å². The van der Waals surface area contributed by atoms with Crippen molar-refractivity contribution in [3.63, 3.8) is 0 Å². The van der Waals surface area contributed by atoms with Gasteiger partial charge in [-0.2, -0.15) is 10.2 Å². The number of rotatable bonds is 5. The summed E-state index contributed by atoms with van der Waals surface area (Å²) in [7, 11) is 0. The molecule has 0 aliphatic carbocycles. The summed E-state index contributed by atoms with van der Waals surface area (Å²) in [6.45, 7) is 3.95. The Bertz CT molecular complexity index is 959. The Labute approximate surface area is 137 Å². The summed E-state index contributed by atoms with van der Waals surface area (Å²) in [5.74, 6) is -0.891. The second-order valence-corrected chi connectivity index (χ2v) is 5.54. The van der Waals surface area contributed by atoms with E-state index in [1.165, 1.54) is 4.68 Å². The first-order chi connectivity index (χ1) is 11.5. The fourth-order valence-electron chi connectivity index (χ4n) is 2.75. The molecular formula is C16H17N5O3. The van der Waals surface area contributed by atoms with Crippen molar-refractivity contribution < 1.29 is 9.90 Å². The maximum atomic E-state index is 12.6. The Balaban J connectivity index is 2.10. The van der Waals surface area contributed by atoms with Gasteiger partial charge < -0.3 is 5.11 Å². The second-order valence-electron chi connectivity index (χ2n) is 5.54. The zero-order chi connectivity index (χ0) is 17.3. The Kier molecular flexibility index (Phi) is 4.11. The molecule has 0 amide bonds. The van der Waals surface area contributed by atoms with Gasteiger partial charge >= 0.3 is 5.97 Å². The van der Waals surface area contributed by atoms with Gasteiger partial charge in [0.05, 0.1) is 28.7 Å². The lowest BCUT2D eigenvalue weighted by Gasteiger charge is -2.05. The summed E-state index contributed by atoms with van der Waals surface area (Å²) in [4.78, 5) is 27.3. The van der Waals surface area contributed by atoms with E-state index in [2.05, 4.69) is 15.2 Å². The zero-order valence-electron chi connectivity index (χ0n) is 13.4. The average Bonchev–Trinajstić information content (AvgIpc) is 2.91. The van der Waals surface area contributed by atoms with Gasteiger partial charge in [-0.1, -0.05) is 0 Å². The van der Waals surface area contributed by atoms with Gasteiger partial charge in [0.2, 0.25) is 0 Å². The maximum Gasteiger partial charge on any atom is 0.303 e. The zero-order valence-corrected chi connectivity index (χ0v) is 13.4. The molecule has 0 atom stereocenters. The van der Waals surface area contributed by atoms with Crippen LogP contribution < -0.4 is 5.56 Å². The van der Waals surface area contributed by atoms with Crippen LogP contribution >= 0.6 is 0 Å². The number of carboxylic acids is 1. The topological polar surface area (TPSA) is 103 Å². The molecule has 24 heavy (non-hydrogen) atoms. The summed E-state index contributed by atoms with van der Waals surface area (Å²) in [6.07, 6.45) is 3.68. The van der Waals surface area contributed by atoms with E-state index in [4.69, 9.17) is 5.11 Å². The normalized spacial score (nSPS) is 11.1. The molecule has 1 N–H and O–H groups in total. The highest BCUT2D eigenvalue weighted by Gasteiger charge is 2.17. The summed E-state index contributed by atoms with van der Waals surface area (Å²) in [6, 6.07) is 3.66. The van der Waals surface area contributed by atoms with Crippen molar-refractivity contribution in [3.05, 3.63) is 46.3 Å². The number of hydrogen-bond donors (Lipinski definition) is 1. The SMILES string of the molecule is Cc1nn(CCCC(=O)O)c(=O)c2nn(-c3cccnc3)c(C)c12. The number of hydrogen-bond acceptors (Lipinski definition) is 5. The van der Waals surface area contributed by atoms with E-state index in [0.717, 1.165) is 16.8 Å². The molecule has 3 aromatic heterocycles. The molecule has 0 fully saturated rings. The van der Waals surface area contributed by atoms with Gasteiger partial charge in [-0.3, -0.25) is 14.6 Å². The molecule has 0 aliphatic heterocycles. The summed E-state index contributed by atoms with van der Waals surface area (Å²) in [5.41, 5.74) is 2.29. The van der Waals surface area contributed by atoms with Gasteiger partial charge in [0.1, 0.15) is 0 Å². The van der Waals surface area contributed by atoms with E-state index in [1.807, 2.05) is 19.9 Å². The predicted molar refractivity (Wildman–Crippen MR) is 87.3 cm³/mol. The van der Waals surface area contributed by atoms with E-state index in [-0.39, 0.29) is 18.5 Å². The molecule has 0 saturated heterocycles. The molecule has 3 heterocycles. The lowest BCUT2D eigenvalue weighted by molar-refractivity contribution is -0.137. The van der Waals surface area contributed by atoms with Gasteiger partial charge in [0, 0.05) is 19.2 Å². The number of fused-ring (bicyclic) bond motifs is 1. The number of nitrogens with zero attached hydrogens (tertiary/aromatic N) is 5. The molecule has 0 unspecified atom stereocenters. The van der Waals surface area contributed by atoms with Crippen molar-refractivity contribution in [1.29, 1.82) is 0 Å². The fourth-order valence-corrected chi connectivity index (χ4v) is 2.75. The van der Waals surface area contributed by atoms with Gasteiger partial charge in [-0.05, 0) is 32.4 Å². The number of aromatic nitrogens is 5. The first-order valence-corrected chi connectivity index (χ1v) is 7.58. The minimum absolute atomic E-state index is 0.00560. The van der Waals surface area contributed by atoms with Gasteiger partial charge in [-0.25, -0.2) is 9.36 Å². The highest BCUT2D eigenvalue weighted by atomic mass is 16.4. The molecule has 3 rings (SSSR count). The van der Waals surface area contributed by atoms with Crippen LogP contribution in [-0.4, -0.2) is 35.6 Å². The van der Waals surface area contributed by atoms with E-state index in [0.29, 0.717) is 17.6 Å². The van der Waals surface area contributed by atoms with E-state index >= 15 is 0 Å². The van der Waals surface area contributed by atoms with Crippen LogP contribution in [0.4, 0.5) is 0 Å². The van der Waals surface area contributed by atoms with Gasteiger partial charge in [-0.15, -0.1) is 0 Å². The van der Waals surface area contributed by atoms with Crippen LogP contribution in [0.15, 0.2) is 29.3 Å². The molecule has 8 heteroatoms. The third-order valence-corrected chi connectivity index (χ3v) is 3.84. The Morgan fingerprint density at radius 2 is 2.08 bits per heavy atom. The summed E-state index contributed by atoms with van der Waals surface area (Å²) >= 11 is 0. The van der Waals surface area contributed by atoms with E-state index < -0.39 is 5.97 Å². The van der Waals surface area contributed by atoms with Crippen molar-refractivity contribution in [2.24, 2.45) is 0 Å². The molecular weight excluding hydrogens is 310 g/mol. The number of pyridine rings is 1.